The van der Waals surface area contributed by atoms with Crippen molar-refractivity contribution in [3.63, 3.8) is 0 Å². The van der Waals surface area contributed by atoms with Crippen LogP contribution < -0.4 is 0 Å². The molecule has 0 heterocycles. The molecule has 0 fully saturated rings. The van der Waals surface area contributed by atoms with Crippen LogP contribution in [-0.4, -0.2) is 21.1 Å². The minimum absolute atomic E-state index is 0. The molecule has 0 aromatic heterocycles. The fraction of sp³-hybridized carbons (Fsp3) is 0.600. The Morgan fingerprint density at radius 3 is 1.25 bits per heavy atom. The molecule has 52 valence electrons. The van der Waals surface area contributed by atoms with Crippen molar-refractivity contribution in [2.45, 2.75) is 16.8 Å². The van der Waals surface area contributed by atoms with Crippen LogP contribution in [0.4, 0.5) is 0 Å². The van der Waals surface area contributed by atoms with E-state index in [4.69, 9.17) is 0 Å². The third kappa shape index (κ3) is 213. The van der Waals surface area contributed by atoms with Crippen LogP contribution in [0, 0.1) is 0 Å². The van der Waals surface area contributed by atoms with Gasteiger partial charge in [0.25, 0.3) is 0 Å². The quantitative estimate of drug-likeness (QED) is 0.466. The predicted octanol–water partition coefficient (Wildman–Crippen LogP) is 2.82. The Morgan fingerprint density at radius 1 is 1.25 bits per heavy atom. The molecule has 0 N–H and O–H groups in total. The molecule has 0 amide bonds. The van der Waals surface area contributed by atoms with E-state index < -0.39 is 0 Å². The van der Waals surface area contributed by atoms with Gasteiger partial charge in [0.15, 0.2) is 0 Å². The van der Waals surface area contributed by atoms with Crippen molar-refractivity contribution in [3.8, 4) is 0 Å². The van der Waals surface area contributed by atoms with Gasteiger partial charge in [0.1, 0.15) is 0 Å². The van der Waals surface area contributed by atoms with E-state index in [0.717, 1.165) is 0 Å². The van der Waals surface area contributed by atoms with Gasteiger partial charge in [-0.3, -0.25) is 0 Å². The zero-order chi connectivity index (χ0) is 5.41. The van der Waals surface area contributed by atoms with Crippen molar-refractivity contribution in [3.05, 3.63) is 12.7 Å². The molecule has 0 unspecified atom stereocenters. The van der Waals surface area contributed by atoms with Crippen LogP contribution in [0.1, 0.15) is 6.92 Å². The summed E-state index contributed by atoms with van der Waals surface area (Å²) < 4.78 is 0. The number of halogens is 2. The Hall–Kier alpha value is 1.12. The Labute approximate surface area is 75.2 Å². The van der Waals surface area contributed by atoms with Crippen molar-refractivity contribution < 1.29 is 0 Å². The third-order valence-electron chi connectivity index (χ3n) is 0. The van der Waals surface area contributed by atoms with Crippen LogP contribution >= 0.6 is 24.8 Å². The first-order chi connectivity index (χ1) is 2.83. The van der Waals surface area contributed by atoms with Gasteiger partial charge in [-0.25, -0.2) is 0 Å². The third-order valence-corrected chi connectivity index (χ3v) is 0. The maximum atomic E-state index is 3.36. The minimum atomic E-state index is 0. The van der Waals surface area contributed by atoms with Gasteiger partial charge in [-0.15, -0.1) is 31.4 Å². The van der Waals surface area contributed by atoms with E-state index >= 15 is 0 Å². The normalized spacial score (nSPS) is 3.88. The first-order valence-corrected chi connectivity index (χ1v) is 7.69. The van der Waals surface area contributed by atoms with Gasteiger partial charge in [-0.1, -0.05) is 6.08 Å². The number of rotatable bonds is 0. The molecule has 0 atom stereocenters. The monoisotopic (exact) mass is 264 g/mol. The Balaban J connectivity index is -0.0000000160. The van der Waals surface area contributed by atoms with Crippen molar-refractivity contribution in [1.29, 1.82) is 0 Å². The van der Waals surface area contributed by atoms with E-state index in [1.165, 1.54) is 0 Å². The summed E-state index contributed by atoms with van der Waals surface area (Å²) in [6.07, 6.45) is 1.75. The summed E-state index contributed by atoms with van der Waals surface area (Å²) >= 11 is 0.230. The van der Waals surface area contributed by atoms with Gasteiger partial charge < -0.3 is 0 Å². The zero-order valence-electron chi connectivity index (χ0n) is 5.60. The molecule has 2 radical (unpaired) electrons. The van der Waals surface area contributed by atoms with Crippen molar-refractivity contribution >= 4 is 46.0 Å². The SMILES string of the molecule is C=CC.Cl.Cl.[CH3][Sn][CH3]. The second-order valence-electron chi connectivity index (χ2n) is 0.908. The van der Waals surface area contributed by atoms with Crippen molar-refractivity contribution in [1.82, 2.24) is 0 Å². The summed E-state index contributed by atoms with van der Waals surface area (Å²) in [6, 6.07) is 0. The fourth-order valence-corrected chi connectivity index (χ4v) is 0. The Bertz CT molecular complexity index is 24.4. The summed E-state index contributed by atoms with van der Waals surface area (Å²) in [6.45, 7) is 5.25. The summed E-state index contributed by atoms with van der Waals surface area (Å²) in [4.78, 5) is 4.59. The summed E-state index contributed by atoms with van der Waals surface area (Å²) in [5.74, 6) is 0. The predicted molar refractivity (Wildman–Crippen MR) is 47.8 cm³/mol. The Morgan fingerprint density at radius 2 is 1.25 bits per heavy atom. The van der Waals surface area contributed by atoms with Crippen molar-refractivity contribution in [2.24, 2.45) is 0 Å². The van der Waals surface area contributed by atoms with Gasteiger partial charge in [-0.2, -0.15) is 0 Å². The standard InChI is InChI=1S/C3H6.2CH3.2ClH.Sn/c1-3-2;;;;;/h3H,1H2,2H3;2*1H3;2*1H;. The second-order valence-corrected chi connectivity index (χ2v) is 3.76. The maximum absolute atomic E-state index is 3.36. The van der Waals surface area contributed by atoms with Gasteiger partial charge in [0.2, 0.25) is 0 Å². The van der Waals surface area contributed by atoms with Crippen LogP contribution in [0.5, 0.6) is 0 Å². The molecule has 0 bridgehead atoms. The molecular weight excluding hydrogens is 250 g/mol. The first-order valence-electron chi connectivity index (χ1n) is 1.99. The molecule has 3 heteroatoms. The zero-order valence-corrected chi connectivity index (χ0v) is 10.1. The van der Waals surface area contributed by atoms with E-state index in [0.29, 0.717) is 0 Å². The summed E-state index contributed by atoms with van der Waals surface area (Å²) in [7, 11) is 0. The molecule has 0 aromatic carbocycles. The van der Waals surface area contributed by atoms with E-state index in [1.54, 1.807) is 6.08 Å². The average Bonchev–Trinajstić information content (AvgIpc) is 1.39. The van der Waals surface area contributed by atoms with E-state index in [2.05, 4.69) is 16.5 Å². The van der Waals surface area contributed by atoms with Crippen LogP contribution in [0.3, 0.4) is 0 Å². The van der Waals surface area contributed by atoms with Gasteiger partial charge in [0.05, 0.1) is 0 Å². The molecule has 0 saturated heterocycles. The van der Waals surface area contributed by atoms with Crippen LogP contribution in [-0.2, 0) is 0 Å². The van der Waals surface area contributed by atoms with E-state index in [-0.39, 0.29) is 46.0 Å². The van der Waals surface area contributed by atoms with E-state index in [9.17, 15) is 0 Å². The molecule has 0 saturated carbocycles. The van der Waals surface area contributed by atoms with Crippen LogP contribution in [0.2, 0.25) is 9.88 Å². The van der Waals surface area contributed by atoms with Crippen LogP contribution in [0.15, 0.2) is 12.7 Å². The molecular formula is C5H14Cl2Sn. The number of hydrogen-bond acceptors (Lipinski definition) is 0. The molecule has 8 heavy (non-hydrogen) atoms. The second kappa shape index (κ2) is 42.3. The molecule has 0 aliphatic heterocycles. The summed E-state index contributed by atoms with van der Waals surface area (Å²) in [5.41, 5.74) is 0. The first kappa shape index (κ1) is 22.9. The molecule has 0 nitrogen and oxygen atoms in total. The summed E-state index contributed by atoms with van der Waals surface area (Å²) in [5, 5.41) is 0. The average molecular weight is 264 g/mol. The Kier molecular flexibility index (Phi) is 121. The molecule has 0 aliphatic carbocycles. The number of allylic oxidation sites excluding steroid dienone is 1. The fourth-order valence-electron chi connectivity index (χ4n) is 0. The molecule has 0 rings (SSSR count). The number of hydrogen-bond donors (Lipinski definition) is 0. The molecule has 0 aromatic rings. The van der Waals surface area contributed by atoms with Gasteiger partial charge in [0, 0.05) is 0 Å². The molecule has 0 aliphatic rings. The van der Waals surface area contributed by atoms with Crippen molar-refractivity contribution in [2.75, 3.05) is 0 Å². The van der Waals surface area contributed by atoms with Gasteiger partial charge >= 0.3 is 31.0 Å². The van der Waals surface area contributed by atoms with E-state index in [1.807, 2.05) is 6.92 Å². The van der Waals surface area contributed by atoms with Gasteiger partial charge in [-0.05, 0) is 6.92 Å². The van der Waals surface area contributed by atoms with Crippen LogP contribution in [0.25, 0.3) is 0 Å². The molecule has 0 spiro atoms. The topological polar surface area (TPSA) is 0 Å².